The van der Waals surface area contributed by atoms with Gasteiger partial charge in [0.25, 0.3) is 0 Å². The average Bonchev–Trinajstić information content (AvgIpc) is 2.67. The first-order chi connectivity index (χ1) is 8.08. The average molecular weight is 238 g/mol. The standard InChI is InChI=1S/C13H26N4/c1-12(2)9-14-6-8-16(3)7-5-13-10-15-17(4)11-13/h10-12,14H,5-9H2,1-4H3. The van der Waals surface area contributed by atoms with Crippen molar-refractivity contribution in [2.24, 2.45) is 13.0 Å². The highest BCUT2D eigenvalue weighted by Crippen LogP contribution is 1.98. The molecule has 4 heteroatoms. The quantitative estimate of drug-likeness (QED) is 0.690. The van der Waals surface area contributed by atoms with Gasteiger partial charge < -0.3 is 10.2 Å². The van der Waals surface area contributed by atoms with Gasteiger partial charge in [-0.1, -0.05) is 13.8 Å². The van der Waals surface area contributed by atoms with Crippen LogP contribution in [0.3, 0.4) is 0 Å². The van der Waals surface area contributed by atoms with E-state index in [1.807, 2.05) is 17.9 Å². The summed E-state index contributed by atoms with van der Waals surface area (Å²) in [7, 11) is 4.14. The smallest absolute Gasteiger partial charge is 0.0522 e. The van der Waals surface area contributed by atoms with E-state index in [9.17, 15) is 0 Å². The van der Waals surface area contributed by atoms with Crippen LogP contribution in [-0.2, 0) is 13.5 Å². The monoisotopic (exact) mass is 238 g/mol. The lowest BCUT2D eigenvalue weighted by Crippen LogP contribution is -2.32. The Morgan fingerprint density at radius 1 is 1.41 bits per heavy atom. The van der Waals surface area contributed by atoms with Crippen LogP contribution < -0.4 is 5.32 Å². The normalized spacial score (nSPS) is 11.6. The topological polar surface area (TPSA) is 33.1 Å². The molecule has 0 saturated heterocycles. The third-order valence-electron chi connectivity index (χ3n) is 2.76. The summed E-state index contributed by atoms with van der Waals surface area (Å²) in [5.74, 6) is 0.732. The molecule has 0 saturated carbocycles. The van der Waals surface area contributed by atoms with Gasteiger partial charge in [-0.15, -0.1) is 0 Å². The van der Waals surface area contributed by atoms with Gasteiger partial charge in [-0.25, -0.2) is 0 Å². The van der Waals surface area contributed by atoms with Crippen molar-refractivity contribution in [3.63, 3.8) is 0 Å². The van der Waals surface area contributed by atoms with Crippen LogP contribution in [0, 0.1) is 5.92 Å². The minimum Gasteiger partial charge on any atom is -0.315 e. The van der Waals surface area contributed by atoms with E-state index in [-0.39, 0.29) is 0 Å². The second-order valence-electron chi connectivity index (χ2n) is 5.17. The highest BCUT2D eigenvalue weighted by molar-refractivity contribution is 5.03. The molecule has 1 aromatic rings. The van der Waals surface area contributed by atoms with Gasteiger partial charge in [-0.2, -0.15) is 5.10 Å². The number of likely N-dealkylation sites (N-methyl/N-ethyl adjacent to an activating group) is 1. The maximum Gasteiger partial charge on any atom is 0.0522 e. The lowest BCUT2D eigenvalue weighted by atomic mass is 10.2. The summed E-state index contributed by atoms with van der Waals surface area (Å²) in [5, 5.41) is 7.64. The number of hydrogen-bond acceptors (Lipinski definition) is 3. The van der Waals surface area contributed by atoms with Crippen LogP contribution in [0.25, 0.3) is 0 Å². The molecule has 1 rings (SSSR count). The summed E-state index contributed by atoms with van der Waals surface area (Å²) in [5.41, 5.74) is 1.31. The number of nitrogens with zero attached hydrogens (tertiary/aromatic N) is 3. The molecule has 0 aromatic carbocycles. The molecule has 98 valence electrons. The van der Waals surface area contributed by atoms with E-state index in [1.54, 1.807) is 0 Å². The predicted octanol–water partition coefficient (Wildman–Crippen LogP) is 1.14. The van der Waals surface area contributed by atoms with Crippen molar-refractivity contribution in [2.45, 2.75) is 20.3 Å². The number of aryl methyl sites for hydroxylation is 1. The zero-order valence-electron chi connectivity index (χ0n) is 11.6. The Balaban J connectivity index is 2.07. The van der Waals surface area contributed by atoms with Crippen LogP contribution >= 0.6 is 0 Å². The molecule has 0 spiro atoms. The molecule has 4 nitrogen and oxygen atoms in total. The Morgan fingerprint density at radius 2 is 2.18 bits per heavy atom. The van der Waals surface area contributed by atoms with Crippen molar-refractivity contribution in [1.82, 2.24) is 20.0 Å². The van der Waals surface area contributed by atoms with Crippen molar-refractivity contribution in [3.05, 3.63) is 18.0 Å². The summed E-state index contributed by atoms with van der Waals surface area (Å²) in [6.07, 6.45) is 5.12. The van der Waals surface area contributed by atoms with Gasteiger partial charge in [0.1, 0.15) is 0 Å². The zero-order chi connectivity index (χ0) is 12.7. The Hall–Kier alpha value is -0.870. The van der Waals surface area contributed by atoms with Crippen LogP contribution in [0.5, 0.6) is 0 Å². The number of aromatic nitrogens is 2. The molecule has 0 radical (unpaired) electrons. The second kappa shape index (κ2) is 7.45. The van der Waals surface area contributed by atoms with Gasteiger partial charge >= 0.3 is 0 Å². The molecule has 0 unspecified atom stereocenters. The Bertz CT molecular complexity index is 306. The Labute approximate surface area is 105 Å². The van der Waals surface area contributed by atoms with Gasteiger partial charge in [0, 0.05) is 32.9 Å². The summed E-state index contributed by atoms with van der Waals surface area (Å²) in [6, 6.07) is 0. The summed E-state index contributed by atoms with van der Waals surface area (Å²) < 4.78 is 1.86. The van der Waals surface area contributed by atoms with Gasteiger partial charge in [-0.05, 0) is 31.5 Å². The first kappa shape index (κ1) is 14.2. The van der Waals surface area contributed by atoms with Gasteiger partial charge in [-0.3, -0.25) is 4.68 Å². The molecule has 1 heterocycles. The second-order valence-corrected chi connectivity index (χ2v) is 5.17. The molecule has 0 aliphatic rings. The molecule has 0 atom stereocenters. The Kier molecular flexibility index (Phi) is 6.22. The van der Waals surface area contributed by atoms with E-state index in [0.717, 1.165) is 38.5 Å². The highest BCUT2D eigenvalue weighted by atomic mass is 15.2. The van der Waals surface area contributed by atoms with Crippen LogP contribution in [0.2, 0.25) is 0 Å². The predicted molar refractivity (Wildman–Crippen MR) is 72.1 cm³/mol. The SMILES string of the molecule is CC(C)CNCCN(C)CCc1cnn(C)c1. The van der Waals surface area contributed by atoms with Crippen LogP contribution in [0.4, 0.5) is 0 Å². The lowest BCUT2D eigenvalue weighted by Gasteiger charge is -2.16. The van der Waals surface area contributed by atoms with Crippen LogP contribution in [0.15, 0.2) is 12.4 Å². The van der Waals surface area contributed by atoms with Crippen LogP contribution in [-0.4, -0.2) is 47.9 Å². The molecule has 0 amide bonds. The maximum atomic E-state index is 4.18. The van der Waals surface area contributed by atoms with Crippen molar-refractivity contribution in [2.75, 3.05) is 33.2 Å². The van der Waals surface area contributed by atoms with Crippen molar-refractivity contribution in [1.29, 1.82) is 0 Å². The number of nitrogens with one attached hydrogen (secondary N) is 1. The van der Waals surface area contributed by atoms with Crippen molar-refractivity contribution < 1.29 is 0 Å². The fraction of sp³-hybridized carbons (Fsp3) is 0.769. The molecule has 0 bridgehead atoms. The molecule has 0 aliphatic carbocycles. The van der Waals surface area contributed by atoms with Gasteiger partial charge in [0.15, 0.2) is 0 Å². The minimum atomic E-state index is 0.732. The van der Waals surface area contributed by atoms with E-state index >= 15 is 0 Å². The lowest BCUT2D eigenvalue weighted by molar-refractivity contribution is 0.332. The van der Waals surface area contributed by atoms with E-state index in [2.05, 4.69) is 42.4 Å². The molecule has 0 fully saturated rings. The zero-order valence-corrected chi connectivity index (χ0v) is 11.6. The fourth-order valence-electron chi connectivity index (χ4n) is 1.69. The van der Waals surface area contributed by atoms with Crippen LogP contribution in [0.1, 0.15) is 19.4 Å². The third kappa shape index (κ3) is 6.44. The fourth-order valence-corrected chi connectivity index (χ4v) is 1.69. The van der Waals surface area contributed by atoms with Gasteiger partial charge in [0.05, 0.1) is 6.20 Å². The van der Waals surface area contributed by atoms with E-state index < -0.39 is 0 Å². The summed E-state index contributed by atoms with van der Waals surface area (Å²) >= 11 is 0. The number of rotatable bonds is 8. The van der Waals surface area contributed by atoms with E-state index in [4.69, 9.17) is 0 Å². The van der Waals surface area contributed by atoms with E-state index in [0.29, 0.717) is 0 Å². The molecular weight excluding hydrogens is 212 g/mol. The maximum absolute atomic E-state index is 4.18. The first-order valence-corrected chi connectivity index (χ1v) is 6.44. The number of hydrogen-bond donors (Lipinski definition) is 1. The first-order valence-electron chi connectivity index (χ1n) is 6.44. The molecule has 1 N–H and O–H groups in total. The molecule has 17 heavy (non-hydrogen) atoms. The van der Waals surface area contributed by atoms with E-state index in [1.165, 1.54) is 5.56 Å². The van der Waals surface area contributed by atoms with Crippen molar-refractivity contribution >= 4 is 0 Å². The minimum absolute atomic E-state index is 0.732. The third-order valence-corrected chi connectivity index (χ3v) is 2.76. The molecule has 0 aliphatic heterocycles. The van der Waals surface area contributed by atoms with Gasteiger partial charge in [0.2, 0.25) is 0 Å². The molecule has 1 aromatic heterocycles. The Morgan fingerprint density at radius 3 is 2.76 bits per heavy atom. The summed E-state index contributed by atoms with van der Waals surface area (Å²) in [6.45, 7) is 8.85. The highest BCUT2D eigenvalue weighted by Gasteiger charge is 2.01. The van der Waals surface area contributed by atoms with Crippen molar-refractivity contribution in [3.8, 4) is 0 Å². The molecular formula is C13H26N4. The summed E-state index contributed by atoms with van der Waals surface area (Å²) in [4.78, 5) is 2.36. The largest absolute Gasteiger partial charge is 0.315 e.